The van der Waals surface area contributed by atoms with E-state index in [-0.39, 0.29) is 35.6 Å². The van der Waals surface area contributed by atoms with Crippen molar-refractivity contribution in [3.63, 3.8) is 0 Å². The van der Waals surface area contributed by atoms with Gasteiger partial charge in [0.05, 0.1) is 13.7 Å². The van der Waals surface area contributed by atoms with Crippen LogP contribution in [0.15, 0.2) is 18.2 Å². The molecule has 0 fully saturated rings. The molecule has 0 unspecified atom stereocenters. The van der Waals surface area contributed by atoms with Crippen molar-refractivity contribution in [1.82, 2.24) is 10.6 Å². The van der Waals surface area contributed by atoms with Gasteiger partial charge in [-0.15, -0.1) is 0 Å². The first-order valence-corrected chi connectivity index (χ1v) is 5.88. The molecule has 0 aliphatic carbocycles. The summed E-state index contributed by atoms with van der Waals surface area (Å²) < 4.78 is 4.88. The molecule has 0 bridgehead atoms. The van der Waals surface area contributed by atoms with E-state index in [0.29, 0.717) is 0 Å². The molecule has 3 N–H and O–H groups in total. The topological polar surface area (TPSA) is 87.7 Å². The maximum atomic E-state index is 11.7. The summed E-state index contributed by atoms with van der Waals surface area (Å²) in [5.74, 6) is -0.533. The van der Waals surface area contributed by atoms with Crippen LogP contribution in [-0.2, 0) is 4.79 Å². The molecule has 6 heteroatoms. The van der Waals surface area contributed by atoms with Crippen molar-refractivity contribution in [3.05, 3.63) is 23.8 Å². The van der Waals surface area contributed by atoms with Crippen molar-refractivity contribution < 1.29 is 19.4 Å². The number of phenols is 1. The lowest BCUT2D eigenvalue weighted by Crippen LogP contribution is -2.39. The zero-order chi connectivity index (χ0) is 14.4. The molecule has 1 aromatic rings. The number of benzene rings is 1. The van der Waals surface area contributed by atoms with Crippen molar-refractivity contribution >= 4 is 11.8 Å². The van der Waals surface area contributed by atoms with E-state index in [1.807, 2.05) is 13.8 Å². The Morgan fingerprint density at radius 3 is 2.58 bits per heavy atom. The maximum absolute atomic E-state index is 11.7. The summed E-state index contributed by atoms with van der Waals surface area (Å²) in [6.07, 6.45) is 0. The molecule has 104 valence electrons. The molecule has 6 nitrogen and oxygen atoms in total. The minimum atomic E-state index is -0.433. The summed E-state index contributed by atoms with van der Waals surface area (Å²) in [6.45, 7) is 3.56. The molecule has 0 saturated carbocycles. The van der Waals surface area contributed by atoms with Crippen LogP contribution in [0, 0.1) is 0 Å². The van der Waals surface area contributed by atoms with Gasteiger partial charge in [-0.25, -0.2) is 0 Å². The van der Waals surface area contributed by atoms with Crippen molar-refractivity contribution in [3.8, 4) is 11.5 Å². The molecular formula is C13H18N2O4. The summed E-state index contributed by atoms with van der Waals surface area (Å²) in [6, 6.07) is 4.30. The van der Waals surface area contributed by atoms with Crippen molar-refractivity contribution in [2.75, 3.05) is 13.7 Å². The maximum Gasteiger partial charge on any atom is 0.251 e. The molecule has 0 spiro atoms. The molecule has 0 aromatic heterocycles. The van der Waals surface area contributed by atoms with Gasteiger partial charge in [0.15, 0.2) is 11.5 Å². The second kappa shape index (κ2) is 6.63. The lowest BCUT2D eigenvalue weighted by atomic mass is 10.2. The van der Waals surface area contributed by atoms with Gasteiger partial charge in [-0.3, -0.25) is 9.59 Å². The first kappa shape index (κ1) is 14.8. The minimum absolute atomic E-state index is 0.0226. The largest absolute Gasteiger partial charge is 0.504 e. The summed E-state index contributed by atoms with van der Waals surface area (Å²) in [4.78, 5) is 23.1. The molecule has 0 atom stereocenters. The van der Waals surface area contributed by atoms with Crippen LogP contribution in [0.25, 0.3) is 0 Å². The van der Waals surface area contributed by atoms with Crippen LogP contribution in [0.5, 0.6) is 11.5 Å². The van der Waals surface area contributed by atoms with Crippen molar-refractivity contribution in [1.29, 1.82) is 0 Å². The number of amides is 2. The third-order valence-electron chi connectivity index (χ3n) is 2.30. The number of carbonyl (C=O) groups is 2. The van der Waals surface area contributed by atoms with Gasteiger partial charge in [-0.05, 0) is 32.0 Å². The molecule has 2 amide bonds. The van der Waals surface area contributed by atoms with E-state index in [1.54, 1.807) is 0 Å². The first-order valence-electron chi connectivity index (χ1n) is 5.88. The highest BCUT2D eigenvalue weighted by atomic mass is 16.5. The van der Waals surface area contributed by atoms with Crippen LogP contribution in [0.4, 0.5) is 0 Å². The molecule has 19 heavy (non-hydrogen) atoms. The number of hydrogen-bond donors (Lipinski definition) is 3. The second-order valence-corrected chi connectivity index (χ2v) is 4.29. The number of methoxy groups -OCH3 is 1. The highest BCUT2D eigenvalue weighted by Crippen LogP contribution is 2.25. The van der Waals surface area contributed by atoms with Crippen LogP contribution < -0.4 is 15.4 Å². The minimum Gasteiger partial charge on any atom is -0.504 e. The number of ether oxygens (including phenoxy) is 1. The smallest absolute Gasteiger partial charge is 0.251 e. The lowest BCUT2D eigenvalue weighted by molar-refractivity contribution is -0.120. The van der Waals surface area contributed by atoms with Crippen molar-refractivity contribution in [2.24, 2.45) is 0 Å². The Kier molecular flexibility index (Phi) is 5.17. The number of nitrogens with one attached hydrogen (secondary N) is 2. The Labute approximate surface area is 111 Å². The number of phenolic OH excluding ortho intramolecular Hbond substituents is 1. The van der Waals surface area contributed by atoms with Gasteiger partial charge in [-0.2, -0.15) is 0 Å². The Hall–Kier alpha value is -2.24. The van der Waals surface area contributed by atoms with Gasteiger partial charge >= 0.3 is 0 Å². The van der Waals surface area contributed by atoms with Gasteiger partial charge in [0.1, 0.15) is 0 Å². The van der Waals surface area contributed by atoms with E-state index in [0.717, 1.165) is 0 Å². The van der Waals surface area contributed by atoms with Crippen LogP contribution in [0.1, 0.15) is 24.2 Å². The van der Waals surface area contributed by atoms with Crippen LogP contribution in [0.3, 0.4) is 0 Å². The van der Waals surface area contributed by atoms with Crippen molar-refractivity contribution in [2.45, 2.75) is 19.9 Å². The standard InChI is InChI=1S/C13H18N2O4/c1-8(2)15-12(17)7-14-13(18)9-4-5-11(19-3)10(16)6-9/h4-6,8,16H,7H2,1-3H3,(H,14,18)(H,15,17). The van der Waals surface area contributed by atoms with E-state index in [9.17, 15) is 14.7 Å². The quantitative estimate of drug-likeness (QED) is 0.730. The third-order valence-corrected chi connectivity index (χ3v) is 2.30. The van der Waals surface area contributed by atoms with Gasteiger partial charge in [0, 0.05) is 11.6 Å². The zero-order valence-corrected chi connectivity index (χ0v) is 11.2. The Bertz CT molecular complexity index is 472. The van der Waals surface area contributed by atoms with E-state index < -0.39 is 5.91 Å². The SMILES string of the molecule is COc1ccc(C(=O)NCC(=O)NC(C)C)cc1O. The lowest BCUT2D eigenvalue weighted by Gasteiger charge is -2.10. The van der Waals surface area contributed by atoms with E-state index in [2.05, 4.69) is 10.6 Å². The molecule has 0 radical (unpaired) electrons. The second-order valence-electron chi connectivity index (χ2n) is 4.29. The third kappa shape index (κ3) is 4.50. The Balaban J connectivity index is 2.59. The van der Waals surface area contributed by atoms with Crippen LogP contribution in [0.2, 0.25) is 0 Å². The number of rotatable bonds is 5. The predicted octanol–water partition coefficient (Wildman–Crippen LogP) is 0.655. The molecule has 1 rings (SSSR count). The summed E-state index contributed by atoms with van der Waals surface area (Å²) >= 11 is 0. The van der Waals surface area contributed by atoms with E-state index in [1.165, 1.54) is 25.3 Å². The summed E-state index contributed by atoms with van der Waals surface area (Å²) in [7, 11) is 1.42. The van der Waals surface area contributed by atoms with Gasteiger partial charge in [-0.1, -0.05) is 0 Å². The summed E-state index contributed by atoms with van der Waals surface area (Å²) in [5.41, 5.74) is 0.260. The zero-order valence-electron chi connectivity index (χ0n) is 11.2. The Morgan fingerprint density at radius 2 is 2.05 bits per heavy atom. The van der Waals surface area contributed by atoms with Gasteiger partial charge in [0.2, 0.25) is 5.91 Å². The molecular weight excluding hydrogens is 248 g/mol. The molecule has 0 aliphatic heterocycles. The molecule has 0 heterocycles. The fraction of sp³-hybridized carbons (Fsp3) is 0.385. The number of carbonyl (C=O) groups excluding carboxylic acids is 2. The normalized spacial score (nSPS) is 10.1. The fourth-order valence-electron chi connectivity index (χ4n) is 1.47. The fourth-order valence-corrected chi connectivity index (χ4v) is 1.47. The molecule has 0 aliphatic rings. The highest BCUT2D eigenvalue weighted by Gasteiger charge is 2.11. The number of hydrogen-bond acceptors (Lipinski definition) is 4. The average molecular weight is 266 g/mol. The molecule has 0 saturated heterocycles. The van der Waals surface area contributed by atoms with Crippen LogP contribution >= 0.6 is 0 Å². The van der Waals surface area contributed by atoms with Gasteiger partial charge in [0.25, 0.3) is 5.91 Å². The number of aromatic hydroxyl groups is 1. The predicted molar refractivity (Wildman–Crippen MR) is 70.3 cm³/mol. The summed E-state index contributed by atoms with van der Waals surface area (Å²) in [5, 5.41) is 14.7. The van der Waals surface area contributed by atoms with Crippen LogP contribution in [-0.4, -0.2) is 36.6 Å². The highest BCUT2D eigenvalue weighted by molar-refractivity contribution is 5.97. The monoisotopic (exact) mass is 266 g/mol. The van der Waals surface area contributed by atoms with E-state index in [4.69, 9.17) is 4.74 Å². The molecule has 1 aromatic carbocycles. The Morgan fingerprint density at radius 1 is 1.37 bits per heavy atom. The van der Waals surface area contributed by atoms with E-state index >= 15 is 0 Å². The first-order chi connectivity index (χ1) is 8.93. The van der Waals surface area contributed by atoms with Gasteiger partial charge < -0.3 is 20.5 Å². The average Bonchev–Trinajstić information content (AvgIpc) is 2.35.